The van der Waals surface area contributed by atoms with Crippen LogP contribution in [0.5, 0.6) is 0 Å². The summed E-state index contributed by atoms with van der Waals surface area (Å²) in [5.41, 5.74) is 6.50. The van der Waals surface area contributed by atoms with Crippen LogP contribution in [-0.2, 0) is 0 Å². The predicted octanol–water partition coefficient (Wildman–Crippen LogP) is 2.82. The molecule has 0 saturated carbocycles. The second-order valence-electron chi connectivity index (χ2n) is 6.97. The first-order valence-corrected chi connectivity index (χ1v) is 9.50. The molecule has 0 radical (unpaired) electrons. The van der Waals surface area contributed by atoms with Crippen LogP contribution in [0.4, 0.5) is 15.9 Å². The molecule has 1 aliphatic heterocycles. The molecule has 4 rings (SSSR count). The highest BCUT2D eigenvalue weighted by Gasteiger charge is 2.32. The van der Waals surface area contributed by atoms with Crippen molar-refractivity contribution in [2.45, 2.75) is 18.9 Å². The summed E-state index contributed by atoms with van der Waals surface area (Å²) in [6.45, 7) is 2.65. The molecule has 3 aromatic heterocycles. The van der Waals surface area contributed by atoms with E-state index in [-0.39, 0.29) is 22.6 Å². The molecule has 9 heteroatoms. The van der Waals surface area contributed by atoms with Gasteiger partial charge in [0.15, 0.2) is 0 Å². The molecule has 0 aromatic carbocycles. The van der Waals surface area contributed by atoms with Crippen LogP contribution in [0.1, 0.15) is 18.9 Å². The molecule has 1 aliphatic rings. The SMILES string of the molecule is CC1(O)CCN(c2cc(F)cc(-c3nc(-c4nccs4)cc(N)c3C#N)n2)C1. The Labute approximate surface area is 164 Å². The maximum atomic E-state index is 14.4. The number of β-amino-alcohol motifs (C(OH)–C–C–N with tert-alkyl or cyclic N) is 1. The number of nitrogen functional groups attached to an aromatic ring is 1. The zero-order chi connectivity index (χ0) is 19.9. The Hall–Kier alpha value is -3.09. The van der Waals surface area contributed by atoms with Crippen LogP contribution in [0.3, 0.4) is 0 Å². The van der Waals surface area contributed by atoms with Gasteiger partial charge in [-0.15, -0.1) is 11.3 Å². The Balaban J connectivity index is 1.84. The number of rotatable bonds is 3. The van der Waals surface area contributed by atoms with Crippen molar-refractivity contribution in [1.82, 2.24) is 15.0 Å². The van der Waals surface area contributed by atoms with Gasteiger partial charge < -0.3 is 15.7 Å². The van der Waals surface area contributed by atoms with Gasteiger partial charge in [-0.1, -0.05) is 0 Å². The number of thiazole rings is 1. The van der Waals surface area contributed by atoms with Crippen molar-refractivity contribution in [2.24, 2.45) is 0 Å². The van der Waals surface area contributed by atoms with E-state index >= 15 is 0 Å². The van der Waals surface area contributed by atoms with E-state index in [9.17, 15) is 14.8 Å². The molecule has 0 bridgehead atoms. The van der Waals surface area contributed by atoms with Gasteiger partial charge in [0, 0.05) is 36.8 Å². The van der Waals surface area contributed by atoms with Crippen LogP contribution >= 0.6 is 11.3 Å². The zero-order valence-corrected chi connectivity index (χ0v) is 15.9. The Morgan fingerprint density at radius 1 is 1.32 bits per heavy atom. The molecule has 3 N–H and O–H groups in total. The molecular formula is C19H17FN6OS. The van der Waals surface area contributed by atoms with Gasteiger partial charge >= 0.3 is 0 Å². The number of hydrogen-bond acceptors (Lipinski definition) is 8. The fraction of sp³-hybridized carbons (Fsp3) is 0.263. The summed E-state index contributed by atoms with van der Waals surface area (Å²) in [6.07, 6.45) is 2.21. The Morgan fingerprint density at radius 3 is 2.79 bits per heavy atom. The fourth-order valence-corrected chi connectivity index (χ4v) is 3.83. The number of nitrogens with zero attached hydrogens (tertiary/aromatic N) is 5. The van der Waals surface area contributed by atoms with E-state index in [1.807, 2.05) is 16.3 Å². The van der Waals surface area contributed by atoms with Crippen molar-refractivity contribution in [3.8, 4) is 28.2 Å². The minimum atomic E-state index is -0.848. The van der Waals surface area contributed by atoms with Gasteiger partial charge in [0.2, 0.25) is 0 Å². The molecule has 142 valence electrons. The topological polar surface area (TPSA) is 112 Å². The highest BCUT2D eigenvalue weighted by atomic mass is 32.1. The van der Waals surface area contributed by atoms with Gasteiger partial charge in [-0.25, -0.2) is 19.3 Å². The minimum Gasteiger partial charge on any atom is -0.398 e. The number of halogens is 1. The molecule has 0 amide bonds. The van der Waals surface area contributed by atoms with Crippen LogP contribution in [0.15, 0.2) is 29.8 Å². The molecule has 1 saturated heterocycles. The summed E-state index contributed by atoms with van der Waals surface area (Å²) in [4.78, 5) is 15.0. The van der Waals surface area contributed by atoms with E-state index < -0.39 is 11.4 Å². The number of aromatic nitrogens is 3. The third-order valence-corrected chi connectivity index (χ3v) is 5.40. The first-order valence-electron chi connectivity index (χ1n) is 8.62. The van der Waals surface area contributed by atoms with E-state index in [1.54, 1.807) is 19.2 Å². The molecule has 1 fully saturated rings. The molecule has 28 heavy (non-hydrogen) atoms. The average molecular weight is 396 g/mol. The van der Waals surface area contributed by atoms with Crippen molar-refractivity contribution in [3.63, 3.8) is 0 Å². The van der Waals surface area contributed by atoms with Crippen LogP contribution < -0.4 is 10.6 Å². The Morgan fingerprint density at radius 2 is 2.14 bits per heavy atom. The Bertz CT molecular complexity index is 1080. The van der Waals surface area contributed by atoms with E-state index in [0.717, 1.165) is 0 Å². The zero-order valence-electron chi connectivity index (χ0n) is 15.1. The number of pyridine rings is 2. The van der Waals surface area contributed by atoms with Crippen LogP contribution in [0.25, 0.3) is 22.1 Å². The van der Waals surface area contributed by atoms with Crippen LogP contribution in [0.2, 0.25) is 0 Å². The summed E-state index contributed by atoms with van der Waals surface area (Å²) in [6, 6.07) is 6.16. The first-order chi connectivity index (χ1) is 13.4. The number of nitrogens with two attached hydrogens (primary N) is 1. The van der Waals surface area contributed by atoms with Gasteiger partial charge in [-0.3, -0.25) is 0 Å². The first kappa shape index (κ1) is 18.3. The van der Waals surface area contributed by atoms with Gasteiger partial charge in [0.25, 0.3) is 0 Å². The second kappa shape index (κ2) is 6.82. The highest BCUT2D eigenvalue weighted by molar-refractivity contribution is 7.13. The molecule has 1 unspecified atom stereocenters. The van der Waals surface area contributed by atoms with Gasteiger partial charge in [-0.05, 0) is 19.4 Å². The molecule has 3 aromatic rings. The summed E-state index contributed by atoms with van der Waals surface area (Å²) >= 11 is 1.39. The third-order valence-electron chi connectivity index (χ3n) is 4.61. The summed E-state index contributed by atoms with van der Waals surface area (Å²) in [7, 11) is 0. The van der Waals surface area contributed by atoms with Crippen molar-refractivity contribution in [1.29, 1.82) is 5.26 Å². The Kier molecular flexibility index (Phi) is 4.45. The number of hydrogen-bond donors (Lipinski definition) is 2. The third kappa shape index (κ3) is 3.40. The van der Waals surface area contributed by atoms with Crippen molar-refractivity contribution < 1.29 is 9.50 Å². The van der Waals surface area contributed by atoms with Crippen molar-refractivity contribution >= 4 is 22.8 Å². The molecule has 1 atom stereocenters. The molecule has 0 spiro atoms. The second-order valence-corrected chi connectivity index (χ2v) is 7.86. The molecule has 0 aliphatic carbocycles. The molecule has 7 nitrogen and oxygen atoms in total. The predicted molar refractivity (Wildman–Crippen MR) is 105 cm³/mol. The normalized spacial score (nSPS) is 19.0. The highest BCUT2D eigenvalue weighted by Crippen LogP contribution is 2.32. The molecule has 4 heterocycles. The maximum Gasteiger partial charge on any atom is 0.141 e. The standard InChI is InChI=1S/C19H17FN6OS/c1-19(27)2-4-26(10-19)16-7-11(20)6-14(24-16)17-12(9-21)13(22)8-15(25-17)18-23-3-5-28-18/h3,5-8,27H,2,4,10H2,1H3,(H2,22,25). The smallest absolute Gasteiger partial charge is 0.141 e. The summed E-state index contributed by atoms with van der Waals surface area (Å²) in [5, 5.41) is 22.2. The molecular weight excluding hydrogens is 379 g/mol. The quantitative estimate of drug-likeness (QED) is 0.700. The van der Waals surface area contributed by atoms with Gasteiger partial charge in [0.1, 0.15) is 39.7 Å². The van der Waals surface area contributed by atoms with E-state index in [0.29, 0.717) is 36.0 Å². The number of anilines is 2. The fourth-order valence-electron chi connectivity index (χ4n) is 3.23. The van der Waals surface area contributed by atoms with Crippen LogP contribution in [-0.4, -0.2) is 38.7 Å². The van der Waals surface area contributed by atoms with Crippen molar-refractivity contribution in [3.05, 3.63) is 41.2 Å². The summed E-state index contributed by atoms with van der Waals surface area (Å²) in [5.74, 6) is -0.118. The van der Waals surface area contributed by atoms with E-state index in [1.165, 1.54) is 23.5 Å². The van der Waals surface area contributed by atoms with Crippen molar-refractivity contribution in [2.75, 3.05) is 23.7 Å². The average Bonchev–Trinajstić information content (AvgIpc) is 3.30. The lowest BCUT2D eigenvalue weighted by atomic mass is 10.1. The maximum absolute atomic E-state index is 14.4. The lowest BCUT2D eigenvalue weighted by Gasteiger charge is -2.20. The monoisotopic (exact) mass is 396 g/mol. The van der Waals surface area contributed by atoms with E-state index in [4.69, 9.17) is 5.73 Å². The number of nitriles is 1. The van der Waals surface area contributed by atoms with E-state index in [2.05, 4.69) is 15.0 Å². The largest absolute Gasteiger partial charge is 0.398 e. The lowest BCUT2D eigenvalue weighted by molar-refractivity contribution is 0.0839. The van der Waals surface area contributed by atoms with Crippen LogP contribution in [0, 0.1) is 17.1 Å². The van der Waals surface area contributed by atoms with Gasteiger partial charge in [-0.2, -0.15) is 5.26 Å². The van der Waals surface area contributed by atoms with Gasteiger partial charge in [0.05, 0.1) is 17.0 Å². The minimum absolute atomic E-state index is 0.137. The lowest BCUT2D eigenvalue weighted by Crippen LogP contribution is -2.30. The number of aliphatic hydroxyl groups is 1. The summed E-state index contributed by atoms with van der Waals surface area (Å²) < 4.78 is 14.4.